The number of carbonyl (C=O) groups is 2. The zero-order valence-electron chi connectivity index (χ0n) is 36.2. The van der Waals surface area contributed by atoms with E-state index in [0.717, 1.165) is 30.1 Å². The van der Waals surface area contributed by atoms with Crippen LogP contribution in [-0.2, 0) is 0 Å². The second-order valence-electron chi connectivity index (χ2n) is 17.7. The van der Waals surface area contributed by atoms with Crippen LogP contribution in [0.1, 0.15) is 212 Å². The Labute approximate surface area is 328 Å². The number of carbonyl (C=O) groups excluding carboxylic acids is 2. The van der Waals surface area contributed by atoms with E-state index in [2.05, 4.69) is 86.6 Å². The molecule has 1 aromatic rings. The predicted molar refractivity (Wildman–Crippen MR) is 233 cm³/mol. The highest BCUT2D eigenvalue weighted by molar-refractivity contribution is 6.26. The van der Waals surface area contributed by atoms with E-state index in [1.165, 1.54) is 115 Å². The van der Waals surface area contributed by atoms with Crippen LogP contribution >= 0.6 is 0 Å². The van der Waals surface area contributed by atoms with Crippen molar-refractivity contribution in [2.75, 3.05) is 0 Å². The molecule has 3 atom stereocenters. The van der Waals surface area contributed by atoms with Gasteiger partial charge in [-0.25, -0.2) is 0 Å². The number of benzene rings is 1. The summed E-state index contributed by atoms with van der Waals surface area (Å²) in [6, 6.07) is 7.21. The lowest BCUT2D eigenvalue weighted by Gasteiger charge is -2.18. The average molecular weight is 725 g/mol. The molecule has 53 heavy (non-hydrogen) atoms. The summed E-state index contributed by atoms with van der Waals surface area (Å²) in [6.45, 7) is 22.9. The fourth-order valence-electron chi connectivity index (χ4n) is 7.77. The van der Waals surface area contributed by atoms with Crippen LogP contribution in [0.15, 0.2) is 82.0 Å². The van der Waals surface area contributed by atoms with Crippen molar-refractivity contribution < 1.29 is 9.59 Å². The highest BCUT2D eigenvalue weighted by Crippen LogP contribution is 2.29. The molecule has 2 nitrogen and oxygen atoms in total. The summed E-state index contributed by atoms with van der Waals surface area (Å²) in [6.07, 6.45) is 33.0. The Hall–Kier alpha value is -2.74. The van der Waals surface area contributed by atoms with Crippen molar-refractivity contribution >= 4 is 11.6 Å². The Morgan fingerprint density at radius 2 is 0.925 bits per heavy atom. The summed E-state index contributed by atoms with van der Waals surface area (Å²) in [5.41, 5.74) is 8.34. The first kappa shape index (κ1) is 46.4. The molecule has 0 heterocycles. The van der Waals surface area contributed by atoms with Gasteiger partial charge in [-0.3, -0.25) is 9.59 Å². The van der Waals surface area contributed by atoms with Gasteiger partial charge in [0.1, 0.15) is 0 Å². The number of hydrogen-bond donors (Lipinski definition) is 0. The quantitative estimate of drug-likeness (QED) is 0.0847. The van der Waals surface area contributed by atoms with Gasteiger partial charge in [0.25, 0.3) is 0 Å². The molecule has 1 aromatic carbocycles. The minimum Gasteiger partial charge on any atom is -0.289 e. The molecule has 1 aliphatic carbocycles. The molecule has 2 heteroatoms. The highest BCUT2D eigenvalue weighted by Gasteiger charge is 2.28. The second-order valence-corrected chi connectivity index (χ2v) is 17.7. The summed E-state index contributed by atoms with van der Waals surface area (Å²) in [5, 5.41) is 0. The van der Waals surface area contributed by atoms with E-state index in [-0.39, 0.29) is 11.6 Å². The Balaban J connectivity index is 1.54. The molecule has 0 saturated heterocycles. The lowest BCUT2D eigenvalue weighted by Crippen LogP contribution is -2.20. The molecule has 2 rings (SSSR count). The van der Waals surface area contributed by atoms with Crippen molar-refractivity contribution in [2.45, 2.75) is 191 Å². The molecule has 0 radical (unpaired) electrons. The van der Waals surface area contributed by atoms with Crippen LogP contribution in [-0.4, -0.2) is 11.6 Å². The minimum atomic E-state index is -0.00709. The van der Waals surface area contributed by atoms with Crippen LogP contribution in [0, 0.1) is 23.7 Å². The van der Waals surface area contributed by atoms with Crippen molar-refractivity contribution in [1.29, 1.82) is 0 Å². The number of ketones is 2. The number of Topliss-reactive ketones (excluding diaryl/α,β-unsaturated/α-hetero) is 2. The van der Waals surface area contributed by atoms with Gasteiger partial charge in [-0.1, -0.05) is 157 Å². The maximum absolute atomic E-state index is 13.0. The summed E-state index contributed by atoms with van der Waals surface area (Å²) < 4.78 is 0. The Bertz CT molecular complexity index is 1410. The molecular weight excluding hydrogens is 645 g/mol. The maximum Gasteiger partial charge on any atom is 0.190 e. The van der Waals surface area contributed by atoms with E-state index in [9.17, 15) is 9.59 Å². The van der Waals surface area contributed by atoms with Crippen molar-refractivity contribution in [1.82, 2.24) is 0 Å². The van der Waals surface area contributed by atoms with E-state index in [1.807, 2.05) is 12.1 Å². The second kappa shape index (κ2) is 26.1. The molecule has 0 saturated carbocycles. The Morgan fingerprint density at radius 3 is 1.45 bits per heavy atom. The van der Waals surface area contributed by atoms with E-state index >= 15 is 0 Å². The van der Waals surface area contributed by atoms with Crippen molar-refractivity contribution in [2.24, 2.45) is 23.7 Å². The van der Waals surface area contributed by atoms with Crippen LogP contribution in [0.4, 0.5) is 0 Å². The van der Waals surface area contributed by atoms with Gasteiger partial charge in [-0.2, -0.15) is 0 Å². The van der Waals surface area contributed by atoms with Crippen molar-refractivity contribution in [3.8, 4) is 0 Å². The standard InChI is InChI=1S/C51H80O2/c1-38(2)20-13-21-39(3)22-14-23-40(4)24-15-25-41(5)26-16-27-42(6)28-17-29-43(7)30-18-31-44(8)32-19-33-45(9)36-37-47-46(10)50(52)48-34-11-12-35-49(48)51(47)53/h11-12,24,26,28,34-36,38-39,43-44H,13-23,25,27,29-33,37H2,1-10H3. The largest absolute Gasteiger partial charge is 0.289 e. The third-order valence-corrected chi connectivity index (χ3v) is 11.8. The van der Waals surface area contributed by atoms with Gasteiger partial charge in [0.15, 0.2) is 11.6 Å². The van der Waals surface area contributed by atoms with Crippen molar-refractivity contribution in [3.05, 3.63) is 93.1 Å². The Kier molecular flexibility index (Phi) is 22.9. The summed E-state index contributed by atoms with van der Waals surface area (Å²) in [4.78, 5) is 25.8. The molecule has 1 aliphatic rings. The zero-order chi connectivity index (χ0) is 39.2. The monoisotopic (exact) mass is 725 g/mol. The first-order valence-corrected chi connectivity index (χ1v) is 21.8. The number of hydrogen-bond acceptors (Lipinski definition) is 2. The van der Waals surface area contributed by atoms with Gasteiger partial charge in [-0.05, 0) is 129 Å². The normalized spacial score (nSPS) is 16.4. The number of rotatable bonds is 27. The maximum atomic E-state index is 13.0. The topological polar surface area (TPSA) is 34.1 Å². The van der Waals surface area contributed by atoms with Crippen LogP contribution in [0.3, 0.4) is 0 Å². The molecule has 0 spiro atoms. The fraction of sp³-hybridized carbons (Fsp3) is 0.647. The molecule has 0 aromatic heterocycles. The lowest BCUT2D eigenvalue weighted by molar-refractivity contribution is 0.0973. The molecular formula is C51H80O2. The van der Waals surface area contributed by atoms with Gasteiger partial charge in [0.2, 0.25) is 0 Å². The first-order chi connectivity index (χ1) is 25.3. The lowest BCUT2D eigenvalue weighted by atomic mass is 9.83. The smallest absolute Gasteiger partial charge is 0.190 e. The van der Waals surface area contributed by atoms with Crippen molar-refractivity contribution in [3.63, 3.8) is 0 Å². The van der Waals surface area contributed by atoms with E-state index in [0.29, 0.717) is 28.7 Å². The van der Waals surface area contributed by atoms with Crippen LogP contribution in [0.5, 0.6) is 0 Å². The molecule has 0 fully saturated rings. The summed E-state index contributed by atoms with van der Waals surface area (Å²) >= 11 is 0. The van der Waals surface area contributed by atoms with Gasteiger partial charge in [0, 0.05) is 22.3 Å². The van der Waals surface area contributed by atoms with Gasteiger partial charge in [0.05, 0.1) is 0 Å². The number of allylic oxidation sites excluding steroid dienone is 10. The van der Waals surface area contributed by atoms with Gasteiger partial charge >= 0.3 is 0 Å². The van der Waals surface area contributed by atoms with Gasteiger partial charge < -0.3 is 0 Å². The zero-order valence-corrected chi connectivity index (χ0v) is 36.2. The SMILES string of the molecule is CC(=CCCC(C)=CCCC(C)CCCC(C)CCCC(C)=CCC1=C(C)C(=O)c2ccccc2C1=O)CCC=C(C)CCCC(C)CCCC(C)C. The third kappa shape index (κ3) is 19.4. The van der Waals surface area contributed by atoms with Crippen LogP contribution in [0.2, 0.25) is 0 Å². The number of fused-ring (bicyclic) bond motifs is 1. The third-order valence-electron chi connectivity index (χ3n) is 11.8. The molecule has 0 bridgehead atoms. The fourth-order valence-corrected chi connectivity index (χ4v) is 7.77. The van der Waals surface area contributed by atoms with E-state index in [1.54, 1.807) is 35.8 Å². The molecule has 0 aliphatic heterocycles. The molecule has 3 unspecified atom stereocenters. The molecule has 0 N–H and O–H groups in total. The predicted octanol–water partition coefficient (Wildman–Crippen LogP) is 16.1. The van der Waals surface area contributed by atoms with Crippen LogP contribution in [0.25, 0.3) is 0 Å². The van der Waals surface area contributed by atoms with Crippen LogP contribution < -0.4 is 0 Å². The summed E-state index contributed by atoms with van der Waals surface area (Å²) in [5.74, 6) is 3.25. The van der Waals surface area contributed by atoms with Gasteiger partial charge in [-0.15, -0.1) is 0 Å². The van der Waals surface area contributed by atoms with E-state index < -0.39 is 0 Å². The Morgan fingerprint density at radius 1 is 0.509 bits per heavy atom. The highest BCUT2D eigenvalue weighted by atomic mass is 16.1. The average Bonchev–Trinajstić information content (AvgIpc) is 3.10. The molecule has 0 amide bonds. The molecule has 296 valence electrons. The first-order valence-electron chi connectivity index (χ1n) is 21.8. The minimum absolute atomic E-state index is 0.00709. The van der Waals surface area contributed by atoms with E-state index in [4.69, 9.17) is 0 Å². The summed E-state index contributed by atoms with van der Waals surface area (Å²) in [7, 11) is 0.